The van der Waals surface area contributed by atoms with Crippen LogP contribution < -0.4 is 0 Å². The molecule has 1 aromatic carbocycles. The fraction of sp³-hybridized carbons (Fsp3) is 0.222. The first-order valence-electron chi connectivity index (χ1n) is 4.53. The molecule has 0 spiro atoms. The summed E-state index contributed by atoms with van der Waals surface area (Å²) in [6, 6.07) is 2.87. The lowest BCUT2D eigenvalue weighted by atomic mass is 10.1. The third kappa shape index (κ3) is 3.24. The summed E-state index contributed by atoms with van der Waals surface area (Å²) in [5.41, 5.74) is -0.524. The topological polar surface area (TPSA) is 94.3 Å². The summed E-state index contributed by atoms with van der Waals surface area (Å²) in [5.74, 6) is -0.393. The smallest absolute Gasteiger partial charge is 0.271 e. The fourth-order valence-corrected chi connectivity index (χ4v) is 1.99. The summed E-state index contributed by atoms with van der Waals surface area (Å²) in [6.45, 7) is 1.57. The van der Waals surface area contributed by atoms with Crippen LogP contribution in [0.5, 0.6) is 0 Å². The van der Waals surface area contributed by atoms with Gasteiger partial charge in [-0.25, -0.2) is 8.42 Å². The van der Waals surface area contributed by atoms with Gasteiger partial charge in [-0.3, -0.25) is 14.9 Å². The first kappa shape index (κ1) is 13.6. The van der Waals surface area contributed by atoms with Gasteiger partial charge in [-0.1, -0.05) is 6.92 Å². The van der Waals surface area contributed by atoms with Crippen LogP contribution in [0, 0.1) is 10.1 Å². The molecule has 0 unspecified atom stereocenters. The third-order valence-electron chi connectivity index (χ3n) is 2.03. The Morgan fingerprint density at radius 3 is 2.41 bits per heavy atom. The molecule has 6 nitrogen and oxygen atoms in total. The minimum absolute atomic E-state index is 0.0408. The number of Topliss-reactive ketones (excluding diaryl/α,β-unsaturated/α-hetero) is 1. The molecule has 17 heavy (non-hydrogen) atoms. The van der Waals surface area contributed by atoms with E-state index in [4.69, 9.17) is 10.7 Å². The standard InChI is InChI=1S/C9H8ClNO5S/c1-2-9(12)6-3-7(11(13)14)5-8(4-6)17(10,15)16/h3-5H,2H2,1H3. The second-order valence-electron chi connectivity index (χ2n) is 3.19. The molecule has 92 valence electrons. The molecule has 8 heteroatoms. The van der Waals surface area contributed by atoms with Gasteiger partial charge in [-0.15, -0.1) is 0 Å². The number of ketones is 1. The first-order chi connectivity index (χ1) is 7.75. The highest BCUT2D eigenvalue weighted by Gasteiger charge is 2.19. The van der Waals surface area contributed by atoms with Crippen molar-refractivity contribution in [3.63, 3.8) is 0 Å². The van der Waals surface area contributed by atoms with Crippen molar-refractivity contribution in [2.75, 3.05) is 0 Å². The number of hydrogen-bond acceptors (Lipinski definition) is 5. The van der Waals surface area contributed by atoms with Gasteiger partial charge < -0.3 is 0 Å². The lowest BCUT2D eigenvalue weighted by molar-refractivity contribution is -0.385. The molecule has 0 atom stereocenters. The Hall–Kier alpha value is -1.47. The minimum Gasteiger partial charge on any atom is -0.294 e. The highest BCUT2D eigenvalue weighted by molar-refractivity contribution is 8.13. The Morgan fingerprint density at radius 1 is 1.41 bits per heavy atom. The van der Waals surface area contributed by atoms with Crippen LogP contribution >= 0.6 is 10.7 Å². The van der Waals surface area contributed by atoms with E-state index in [9.17, 15) is 23.3 Å². The van der Waals surface area contributed by atoms with Gasteiger partial charge in [0.05, 0.1) is 9.82 Å². The molecular weight excluding hydrogens is 270 g/mol. The Morgan fingerprint density at radius 2 is 2.00 bits per heavy atom. The van der Waals surface area contributed by atoms with Crippen molar-refractivity contribution in [3.8, 4) is 0 Å². The van der Waals surface area contributed by atoms with Crippen molar-refractivity contribution < 1.29 is 18.1 Å². The fourth-order valence-electron chi connectivity index (χ4n) is 1.19. The summed E-state index contributed by atoms with van der Waals surface area (Å²) in [4.78, 5) is 20.8. The second kappa shape index (κ2) is 4.80. The molecule has 0 saturated heterocycles. The third-order valence-corrected chi connectivity index (χ3v) is 3.36. The van der Waals surface area contributed by atoms with E-state index in [2.05, 4.69) is 0 Å². The molecule has 0 amide bonds. The van der Waals surface area contributed by atoms with Crippen molar-refractivity contribution in [1.29, 1.82) is 0 Å². The molecule has 0 bridgehead atoms. The molecule has 0 aliphatic heterocycles. The highest BCUT2D eigenvalue weighted by atomic mass is 35.7. The Kier molecular flexibility index (Phi) is 3.84. The number of halogens is 1. The zero-order valence-corrected chi connectivity index (χ0v) is 10.3. The van der Waals surface area contributed by atoms with Crippen molar-refractivity contribution in [2.45, 2.75) is 18.2 Å². The molecule has 0 aliphatic carbocycles. The zero-order chi connectivity index (χ0) is 13.2. The molecule has 0 radical (unpaired) electrons. The van der Waals surface area contributed by atoms with E-state index >= 15 is 0 Å². The maximum Gasteiger partial charge on any atom is 0.271 e. The molecule has 0 heterocycles. The van der Waals surface area contributed by atoms with Crippen LogP contribution in [0.3, 0.4) is 0 Å². The molecule has 1 rings (SSSR count). The lowest BCUT2D eigenvalue weighted by Gasteiger charge is -2.01. The van der Waals surface area contributed by atoms with Crippen molar-refractivity contribution >= 4 is 31.2 Å². The van der Waals surface area contributed by atoms with Crippen LogP contribution in [0.4, 0.5) is 5.69 Å². The minimum atomic E-state index is -4.11. The van der Waals surface area contributed by atoms with Crippen LogP contribution in [-0.4, -0.2) is 19.1 Å². The number of hydrogen-bond donors (Lipinski definition) is 0. The number of nitro benzene ring substituents is 1. The molecule has 0 saturated carbocycles. The average molecular weight is 278 g/mol. The number of benzene rings is 1. The summed E-state index contributed by atoms with van der Waals surface area (Å²) >= 11 is 0. The van der Waals surface area contributed by atoms with Gasteiger partial charge in [-0.2, -0.15) is 0 Å². The van der Waals surface area contributed by atoms with E-state index < -0.39 is 30.3 Å². The Bertz CT molecular complexity index is 581. The number of nitrogens with zero attached hydrogens (tertiary/aromatic N) is 1. The monoisotopic (exact) mass is 277 g/mol. The quantitative estimate of drug-likeness (QED) is 0.363. The lowest BCUT2D eigenvalue weighted by Crippen LogP contribution is -2.02. The largest absolute Gasteiger partial charge is 0.294 e. The van der Waals surface area contributed by atoms with Gasteiger partial charge in [0.1, 0.15) is 0 Å². The van der Waals surface area contributed by atoms with Gasteiger partial charge in [0.25, 0.3) is 14.7 Å². The average Bonchev–Trinajstić information content (AvgIpc) is 2.26. The summed E-state index contributed by atoms with van der Waals surface area (Å²) in [5, 5.41) is 10.6. The molecule has 0 aliphatic rings. The number of carbonyl (C=O) groups is 1. The van der Waals surface area contributed by atoms with Crippen molar-refractivity contribution in [3.05, 3.63) is 33.9 Å². The summed E-state index contributed by atoms with van der Waals surface area (Å²) < 4.78 is 22.2. The van der Waals surface area contributed by atoms with E-state index in [0.717, 1.165) is 18.2 Å². The molecule has 1 aromatic rings. The van der Waals surface area contributed by atoms with E-state index in [-0.39, 0.29) is 12.0 Å². The van der Waals surface area contributed by atoms with Crippen molar-refractivity contribution in [2.24, 2.45) is 0 Å². The maximum absolute atomic E-state index is 11.4. The van der Waals surface area contributed by atoms with Crippen molar-refractivity contribution in [1.82, 2.24) is 0 Å². The summed E-state index contributed by atoms with van der Waals surface area (Å²) in [6.07, 6.45) is 0.114. The SMILES string of the molecule is CCC(=O)c1cc([N+](=O)[O-])cc(S(=O)(=O)Cl)c1. The molecular formula is C9H8ClNO5S. The number of carbonyl (C=O) groups excluding carboxylic acids is 1. The molecule has 0 fully saturated rings. The van der Waals surface area contributed by atoms with Crippen LogP contribution in [0.25, 0.3) is 0 Å². The van der Waals surface area contributed by atoms with Gasteiger partial charge in [0, 0.05) is 34.8 Å². The highest BCUT2D eigenvalue weighted by Crippen LogP contribution is 2.24. The zero-order valence-electron chi connectivity index (χ0n) is 8.71. The Labute approximate surface area is 102 Å². The number of nitro groups is 1. The predicted molar refractivity (Wildman–Crippen MR) is 60.8 cm³/mol. The van der Waals surface area contributed by atoms with Crippen LogP contribution in [0.1, 0.15) is 23.7 Å². The van der Waals surface area contributed by atoms with E-state index in [1.807, 2.05) is 0 Å². The summed E-state index contributed by atoms with van der Waals surface area (Å²) in [7, 11) is 0.986. The van der Waals surface area contributed by atoms with Crippen LogP contribution in [-0.2, 0) is 9.05 Å². The molecule has 0 aromatic heterocycles. The van der Waals surface area contributed by atoms with Gasteiger partial charge in [-0.05, 0) is 6.07 Å². The Balaban J connectivity index is 3.50. The van der Waals surface area contributed by atoms with E-state index in [0.29, 0.717) is 0 Å². The van der Waals surface area contributed by atoms with Gasteiger partial charge >= 0.3 is 0 Å². The number of non-ortho nitro benzene ring substituents is 1. The van der Waals surface area contributed by atoms with Crippen LogP contribution in [0.2, 0.25) is 0 Å². The second-order valence-corrected chi connectivity index (χ2v) is 5.75. The van der Waals surface area contributed by atoms with E-state index in [1.54, 1.807) is 6.92 Å². The first-order valence-corrected chi connectivity index (χ1v) is 6.84. The maximum atomic E-state index is 11.4. The van der Waals surface area contributed by atoms with Gasteiger partial charge in [0.2, 0.25) is 0 Å². The normalized spacial score (nSPS) is 11.2. The van der Waals surface area contributed by atoms with E-state index in [1.165, 1.54) is 0 Å². The van der Waals surface area contributed by atoms with Gasteiger partial charge in [0.15, 0.2) is 5.78 Å². The predicted octanol–water partition coefficient (Wildman–Crippen LogP) is 2.12. The number of rotatable bonds is 4. The molecule has 0 N–H and O–H groups in total. The van der Waals surface area contributed by atoms with Crippen LogP contribution in [0.15, 0.2) is 23.1 Å².